The van der Waals surface area contributed by atoms with Gasteiger partial charge in [0.25, 0.3) is 0 Å². The van der Waals surface area contributed by atoms with Crippen LogP contribution in [0, 0.1) is 0 Å². The molecule has 0 bridgehead atoms. The SMILES string of the molecule is OC[C@@H](O)[C@@H](O)[C@H](O)[C@@H](O)C=NNc1ccc(Cl)cc1Cl. The van der Waals surface area contributed by atoms with Crippen molar-refractivity contribution in [3.63, 3.8) is 0 Å². The van der Waals surface area contributed by atoms with Crippen molar-refractivity contribution in [3.8, 4) is 0 Å². The highest BCUT2D eigenvalue weighted by Gasteiger charge is 2.29. The molecule has 0 unspecified atom stereocenters. The Balaban J connectivity index is 2.59. The molecule has 0 aliphatic heterocycles. The fourth-order valence-corrected chi connectivity index (χ4v) is 1.84. The molecular weight excluding hydrogens is 323 g/mol. The molecule has 0 radical (unpaired) electrons. The highest BCUT2D eigenvalue weighted by molar-refractivity contribution is 6.36. The molecule has 0 fully saturated rings. The van der Waals surface area contributed by atoms with E-state index < -0.39 is 31.0 Å². The highest BCUT2D eigenvalue weighted by Crippen LogP contribution is 2.25. The molecule has 0 saturated heterocycles. The molecule has 21 heavy (non-hydrogen) atoms. The Hall–Kier alpha value is -0.930. The van der Waals surface area contributed by atoms with Gasteiger partial charge >= 0.3 is 0 Å². The van der Waals surface area contributed by atoms with Crippen LogP contribution in [0.1, 0.15) is 0 Å². The molecule has 0 saturated carbocycles. The lowest BCUT2D eigenvalue weighted by Crippen LogP contribution is -2.46. The number of nitrogens with one attached hydrogen (secondary N) is 1. The van der Waals surface area contributed by atoms with Crippen molar-refractivity contribution in [3.05, 3.63) is 28.2 Å². The average molecular weight is 339 g/mol. The second-order valence-corrected chi connectivity index (χ2v) is 5.08. The fraction of sp³-hybridized carbons (Fsp3) is 0.417. The van der Waals surface area contributed by atoms with Gasteiger partial charge in [0.15, 0.2) is 0 Å². The van der Waals surface area contributed by atoms with Crippen molar-refractivity contribution in [2.75, 3.05) is 12.0 Å². The predicted molar refractivity (Wildman–Crippen MR) is 79.7 cm³/mol. The van der Waals surface area contributed by atoms with E-state index in [9.17, 15) is 15.3 Å². The molecule has 1 aromatic carbocycles. The summed E-state index contributed by atoms with van der Waals surface area (Å²) in [6.07, 6.45) is -5.63. The maximum atomic E-state index is 9.58. The third-order valence-electron chi connectivity index (χ3n) is 2.62. The topological polar surface area (TPSA) is 126 Å². The van der Waals surface area contributed by atoms with Crippen LogP contribution in [0.2, 0.25) is 10.0 Å². The molecule has 0 aliphatic carbocycles. The Kier molecular flexibility index (Phi) is 7.33. The Morgan fingerprint density at radius 1 is 1.14 bits per heavy atom. The molecule has 118 valence electrons. The van der Waals surface area contributed by atoms with Crippen molar-refractivity contribution in [1.29, 1.82) is 0 Å². The van der Waals surface area contributed by atoms with Gasteiger partial charge in [-0.2, -0.15) is 5.10 Å². The molecule has 1 rings (SSSR count). The Labute approximate surface area is 131 Å². The lowest BCUT2D eigenvalue weighted by Gasteiger charge is -2.23. The van der Waals surface area contributed by atoms with E-state index in [2.05, 4.69) is 10.5 Å². The molecule has 0 aromatic heterocycles. The number of benzene rings is 1. The quantitative estimate of drug-likeness (QED) is 0.303. The van der Waals surface area contributed by atoms with E-state index in [0.29, 0.717) is 15.7 Å². The van der Waals surface area contributed by atoms with Crippen LogP contribution in [-0.2, 0) is 0 Å². The zero-order valence-electron chi connectivity index (χ0n) is 10.8. The lowest BCUT2D eigenvalue weighted by atomic mass is 10.0. The smallest absolute Gasteiger partial charge is 0.119 e. The molecule has 0 aliphatic rings. The third-order valence-corrected chi connectivity index (χ3v) is 3.17. The van der Waals surface area contributed by atoms with Gasteiger partial charge in [0.05, 0.1) is 23.5 Å². The summed E-state index contributed by atoms with van der Waals surface area (Å²) in [4.78, 5) is 0. The van der Waals surface area contributed by atoms with E-state index in [0.717, 1.165) is 6.21 Å². The molecule has 6 N–H and O–H groups in total. The summed E-state index contributed by atoms with van der Waals surface area (Å²) in [7, 11) is 0. The molecule has 0 amide bonds. The minimum atomic E-state index is -1.71. The first-order chi connectivity index (χ1) is 9.86. The van der Waals surface area contributed by atoms with Crippen LogP contribution in [0.25, 0.3) is 0 Å². The van der Waals surface area contributed by atoms with Gasteiger partial charge in [0, 0.05) is 5.02 Å². The predicted octanol–water partition coefficient (Wildman–Crippen LogP) is -0.173. The number of aliphatic hydroxyl groups excluding tert-OH is 5. The average Bonchev–Trinajstić information content (AvgIpc) is 2.46. The van der Waals surface area contributed by atoms with Crippen LogP contribution in [0.3, 0.4) is 0 Å². The van der Waals surface area contributed by atoms with E-state index in [4.69, 9.17) is 33.4 Å². The van der Waals surface area contributed by atoms with Crippen molar-refractivity contribution >= 4 is 35.1 Å². The molecule has 1 aromatic rings. The van der Waals surface area contributed by atoms with Gasteiger partial charge in [-0.1, -0.05) is 23.2 Å². The largest absolute Gasteiger partial charge is 0.394 e. The number of aliphatic hydroxyl groups is 5. The maximum absolute atomic E-state index is 9.58. The molecule has 4 atom stereocenters. The third kappa shape index (κ3) is 5.40. The number of anilines is 1. The summed E-state index contributed by atoms with van der Waals surface area (Å²) in [5.41, 5.74) is 2.95. The number of nitrogens with zero attached hydrogens (tertiary/aromatic N) is 1. The van der Waals surface area contributed by atoms with Gasteiger partial charge in [0.2, 0.25) is 0 Å². The monoisotopic (exact) mass is 338 g/mol. The van der Waals surface area contributed by atoms with Crippen LogP contribution in [0.5, 0.6) is 0 Å². The van der Waals surface area contributed by atoms with E-state index in [-0.39, 0.29) is 0 Å². The Bertz CT molecular complexity index is 489. The van der Waals surface area contributed by atoms with Gasteiger partial charge in [0.1, 0.15) is 24.4 Å². The summed E-state index contributed by atoms with van der Waals surface area (Å²) in [5.74, 6) is 0. The van der Waals surface area contributed by atoms with Gasteiger partial charge in [-0.25, -0.2) is 0 Å². The Morgan fingerprint density at radius 3 is 2.38 bits per heavy atom. The molecule has 7 nitrogen and oxygen atoms in total. The van der Waals surface area contributed by atoms with Crippen LogP contribution in [0.15, 0.2) is 23.3 Å². The number of rotatable bonds is 7. The standard InChI is InChI=1S/C12H16Cl2N2O5/c13-6-1-2-8(7(14)3-6)16-15-4-9(18)11(20)12(21)10(19)5-17/h1-4,9-12,16-21H,5H2/t9-,10+,11+,12+/m0/s1. The zero-order chi connectivity index (χ0) is 16.0. The summed E-state index contributed by atoms with van der Waals surface area (Å²) < 4.78 is 0. The highest BCUT2D eigenvalue weighted by atomic mass is 35.5. The van der Waals surface area contributed by atoms with Crippen LogP contribution >= 0.6 is 23.2 Å². The van der Waals surface area contributed by atoms with Gasteiger partial charge in [-0.05, 0) is 18.2 Å². The molecule has 0 spiro atoms. The lowest BCUT2D eigenvalue weighted by molar-refractivity contribution is -0.0999. The second-order valence-electron chi connectivity index (χ2n) is 4.24. The minimum Gasteiger partial charge on any atom is -0.394 e. The zero-order valence-corrected chi connectivity index (χ0v) is 12.3. The second kappa shape index (κ2) is 8.50. The first kappa shape index (κ1) is 18.1. The van der Waals surface area contributed by atoms with E-state index in [1.54, 1.807) is 12.1 Å². The Morgan fingerprint density at radius 2 is 1.81 bits per heavy atom. The van der Waals surface area contributed by atoms with Crippen molar-refractivity contribution in [1.82, 2.24) is 0 Å². The van der Waals surface area contributed by atoms with Crippen LogP contribution in [-0.4, -0.2) is 62.8 Å². The fourth-order valence-electron chi connectivity index (χ4n) is 1.39. The molecular formula is C12H16Cl2N2O5. The summed E-state index contributed by atoms with van der Waals surface area (Å²) in [6, 6.07) is 4.64. The summed E-state index contributed by atoms with van der Waals surface area (Å²) in [6.45, 7) is -0.749. The normalized spacial score (nSPS) is 17.5. The number of hydrogen-bond acceptors (Lipinski definition) is 7. The minimum absolute atomic E-state index is 0.311. The maximum Gasteiger partial charge on any atom is 0.119 e. The van der Waals surface area contributed by atoms with Crippen molar-refractivity contribution < 1.29 is 25.5 Å². The number of hydrazone groups is 1. The molecule has 0 heterocycles. The summed E-state index contributed by atoms with van der Waals surface area (Å²) in [5, 5.41) is 50.7. The van der Waals surface area contributed by atoms with E-state index in [1.807, 2.05) is 0 Å². The van der Waals surface area contributed by atoms with Gasteiger partial charge in [-0.15, -0.1) is 0 Å². The van der Waals surface area contributed by atoms with Crippen molar-refractivity contribution in [2.45, 2.75) is 24.4 Å². The number of halogens is 2. The van der Waals surface area contributed by atoms with Crippen LogP contribution in [0.4, 0.5) is 5.69 Å². The van der Waals surface area contributed by atoms with Crippen LogP contribution < -0.4 is 5.43 Å². The van der Waals surface area contributed by atoms with Gasteiger partial charge < -0.3 is 25.5 Å². The molecule has 9 heteroatoms. The van der Waals surface area contributed by atoms with Gasteiger partial charge in [-0.3, -0.25) is 5.43 Å². The van der Waals surface area contributed by atoms with Crippen molar-refractivity contribution in [2.24, 2.45) is 5.10 Å². The first-order valence-corrected chi connectivity index (χ1v) is 6.69. The first-order valence-electron chi connectivity index (χ1n) is 5.94. The van der Waals surface area contributed by atoms with E-state index >= 15 is 0 Å². The number of hydrogen-bond donors (Lipinski definition) is 6. The summed E-state index contributed by atoms with van der Waals surface area (Å²) >= 11 is 11.6. The van der Waals surface area contributed by atoms with E-state index in [1.165, 1.54) is 6.07 Å².